The van der Waals surface area contributed by atoms with Gasteiger partial charge in [0.25, 0.3) is 10.0 Å². The lowest BCUT2D eigenvalue weighted by Crippen LogP contribution is -2.47. The number of hydrogen-bond acceptors (Lipinski definition) is 7. The van der Waals surface area contributed by atoms with Gasteiger partial charge in [-0.2, -0.15) is 12.8 Å². The number of rotatable bonds is 7. The molecule has 4 aromatic rings. The van der Waals surface area contributed by atoms with Crippen LogP contribution in [0.3, 0.4) is 0 Å². The first-order valence-corrected chi connectivity index (χ1v) is 13.6. The van der Waals surface area contributed by atoms with E-state index in [1.54, 1.807) is 36.1 Å². The molecule has 34 heavy (non-hydrogen) atoms. The minimum absolute atomic E-state index is 0.0312. The Labute approximate surface area is 204 Å². The predicted molar refractivity (Wildman–Crippen MR) is 137 cm³/mol. The molecule has 0 aliphatic carbocycles. The predicted octanol–water partition coefficient (Wildman–Crippen LogP) is 3.50. The molecule has 8 nitrogen and oxygen atoms in total. The summed E-state index contributed by atoms with van der Waals surface area (Å²) in [5.41, 5.74) is 1.66. The Balaban J connectivity index is 1.17. The zero-order valence-electron chi connectivity index (χ0n) is 19.3. The van der Waals surface area contributed by atoms with Gasteiger partial charge in [0.15, 0.2) is 5.03 Å². The van der Waals surface area contributed by atoms with Crippen molar-refractivity contribution in [2.75, 3.05) is 42.3 Å². The quantitative estimate of drug-likeness (QED) is 0.422. The van der Waals surface area contributed by atoms with Gasteiger partial charge in [-0.1, -0.05) is 24.3 Å². The molecule has 10 heteroatoms. The van der Waals surface area contributed by atoms with Crippen molar-refractivity contribution in [3.05, 3.63) is 66.1 Å². The maximum absolute atomic E-state index is 12.7. The Morgan fingerprint density at radius 1 is 1.06 bits per heavy atom. The van der Waals surface area contributed by atoms with Gasteiger partial charge < -0.3 is 9.47 Å². The molecular formula is C24H28N6O2S2. The smallest absolute Gasteiger partial charge is 0.280 e. The molecule has 178 valence electrons. The van der Waals surface area contributed by atoms with Crippen LogP contribution in [0, 0.1) is 6.92 Å². The summed E-state index contributed by atoms with van der Waals surface area (Å²) >= 11 is 1.56. The van der Waals surface area contributed by atoms with E-state index in [0.717, 1.165) is 50.5 Å². The third kappa shape index (κ3) is 4.79. The van der Waals surface area contributed by atoms with Crippen molar-refractivity contribution in [3.8, 4) is 0 Å². The van der Waals surface area contributed by atoms with Crippen LogP contribution >= 0.6 is 11.5 Å². The van der Waals surface area contributed by atoms with Crippen LogP contribution < -0.4 is 9.62 Å². The molecule has 0 radical (unpaired) electrons. The molecule has 3 heterocycles. The van der Waals surface area contributed by atoms with Gasteiger partial charge in [0.05, 0.1) is 4.70 Å². The van der Waals surface area contributed by atoms with Crippen LogP contribution in [0.15, 0.2) is 59.8 Å². The highest BCUT2D eigenvalue weighted by Crippen LogP contribution is 2.29. The fourth-order valence-corrected chi connectivity index (χ4v) is 6.11. The Morgan fingerprint density at radius 3 is 2.62 bits per heavy atom. The van der Waals surface area contributed by atoms with E-state index < -0.39 is 10.0 Å². The number of nitrogens with one attached hydrogen (secondary N) is 1. The van der Waals surface area contributed by atoms with E-state index in [-0.39, 0.29) is 5.03 Å². The van der Waals surface area contributed by atoms with E-state index in [1.165, 1.54) is 16.3 Å². The lowest BCUT2D eigenvalue weighted by molar-refractivity contribution is 0.261. The zero-order valence-corrected chi connectivity index (χ0v) is 20.9. The Bertz CT molecular complexity index is 1380. The topological polar surface area (TPSA) is 83.4 Å². The van der Waals surface area contributed by atoms with Crippen molar-refractivity contribution < 1.29 is 8.42 Å². The van der Waals surface area contributed by atoms with Gasteiger partial charge in [0.1, 0.15) is 11.6 Å². The number of fused-ring (bicyclic) bond motifs is 1. The van der Waals surface area contributed by atoms with Gasteiger partial charge in [0.2, 0.25) is 0 Å². The molecule has 5 rings (SSSR count). The van der Waals surface area contributed by atoms with Crippen molar-refractivity contribution >= 4 is 43.1 Å². The number of benzene rings is 2. The highest BCUT2D eigenvalue weighted by molar-refractivity contribution is 7.92. The van der Waals surface area contributed by atoms with Crippen molar-refractivity contribution in [2.45, 2.75) is 18.4 Å². The van der Waals surface area contributed by atoms with Gasteiger partial charge in [-0.05, 0) is 54.7 Å². The lowest BCUT2D eigenvalue weighted by atomic mass is 10.1. The molecule has 1 aliphatic heterocycles. The lowest BCUT2D eigenvalue weighted by Gasteiger charge is -2.35. The molecule has 0 amide bonds. The number of nitrogens with zero attached hydrogens (tertiary/aromatic N) is 5. The molecular weight excluding hydrogens is 468 g/mol. The molecule has 1 N–H and O–H groups in total. The maximum atomic E-state index is 12.7. The van der Waals surface area contributed by atoms with E-state index in [1.807, 2.05) is 18.2 Å². The van der Waals surface area contributed by atoms with Crippen molar-refractivity contribution in [1.29, 1.82) is 0 Å². The standard InChI is InChI=1S/C24H28N6O2S2/c1-18-25-23(17-28(18)2)34(31,32)27-20-7-5-6-19(16-20)10-11-29-12-14-30(15-13-29)24-21-8-3-4-9-22(21)33-26-24/h3-9,16-17,27H,10-15H2,1-2H3. The summed E-state index contributed by atoms with van der Waals surface area (Å²) in [6, 6.07) is 16.0. The largest absolute Gasteiger partial charge is 0.353 e. The summed E-state index contributed by atoms with van der Waals surface area (Å²) in [4.78, 5) is 8.97. The molecule has 2 aromatic carbocycles. The SMILES string of the molecule is Cc1nc(S(=O)(=O)Nc2cccc(CCN3CCN(c4nsc5ccccc45)CC3)c2)cn1C. The number of hydrogen-bond donors (Lipinski definition) is 1. The highest BCUT2D eigenvalue weighted by Gasteiger charge is 2.21. The number of imidazole rings is 1. The van der Waals surface area contributed by atoms with Crippen LogP contribution in [-0.4, -0.2) is 60.0 Å². The Hall–Kier alpha value is -2.95. The molecule has 0 spiro atoms. The normalized spacial score (nSPS) is 15.2. The molecule has 0 saturated carbocycles. The van der Waals surface area contributed by atoms with E-state index in [9.17, 15) is 8.42 Å². The van der Waals surface area contributed by atoms with Crippen molar-refractivity contribution in [3.63, 3.8) is 0 Å². The van der Waals surface area contributed by atoms with Gasteiger partial charge in [-0.25, -0.2) is 4.98 Å². The fourth-order valence-electron chi connectivity index (χ4n) is 4.22. The summed E-state index contributed by atoms with van der Waals surface area (Å²) < 4.78 is 35.7. The monoisotopic (exact) mass is 496 g/mol. The third-order valence-corrected chi connectivity index (χ3v) is 8.36. The third-order valence-electron chi connectivity index (χ3n) is 6.29. The number of aromatic nitrogens is 3. The average Bonchev–Trinajstić information content (AvgIpc) is 3.42. The molecule has 1 aliphatic rings. The molecule has 1 saturated heterocycles. The second-order valence-electron chi connectivity index (χ2n) is 8.62. The van der Waals surface area contributed by atoms with E-state index >= 15 is 0 Å². The van der Waals surface area contributed by atoms with Crippen LogP contribution in [0.2, 0.25) is 0 Å². The van der Waals surface area contributed by atoms with Gasteiger partial charge in [0, 0.05) is 57.0 Å². The van der Waals surface area contributed by atoms with Gasteiger partial charge in [-0.3, -0.25) is 9.62 Å². The second kappa shape index (κ2) is 9.36. The summed E-state index contributed by atoms with van der Waals surface area (Å²) in [6.07, 6.45) is 2.38. The van der Waals surface area contributed by atoms with E-state index in [2.05, 4.69) is 43.8 Å². The molecule has 0 bridgehead atoms. The minimum atomic E-state index is -3.71. The Kier molecular flexibility index (Phi) is 6.28. The van der Waals surface area contributed by atoms with Gasteiger partial charge in [-0.15, -0.1) is 0 Å². The van der Waals surface area contributed by atoms with Crippen molar-refractivity contribution in [1.82, 2.24) is 18.8 Å². The van der Waals surface area contributed by atoms with Crippen LogP contribution in [-0.2, 0) is 23.5 Å². The van der Waals surface area contributed by atoms with Crippen LogP contribution in [0.4, 0.5) is 11.5 Å². The molecule has 1 fully saturated rings. The van der Waals surface area contributed by atoms with Gasteiger partial charge >= 0.3 is 0 Å². The van der Waals surface area contributed by atoms with E-state index in [0.29, 0.717) is 11.5 Å². The number of anilines is 2. The summed E-state index contributed by atoms with van der Waals surface area (Å²) in [6.45, 7) is 6.59. The number of aryl methyl sites for hydroxylation is 2. The first-order valence-electron chi connectivity index (χ1n) is 11.3. The molecule has 2 aromatic heterocycles. The first kappa shape index (κ1) is 22.8. The Morgan fingerprint density at radius 2 is 1.85 bits per heavy atom. The average molecular weight is 497 g/mol. The van der Waals surface area contributed by atoms with Crippen molar-refractivity contribution in [2.24, 2.45) is 7.05 Å². The zero-order chi connectivity index (χ0) is 23.7. The van der Waals surface area contributed by atoms with Crippen LogP contribution in [0.5, 0.6) is 0 Å². The number of sulfonamides is 1. The molecule has 0 atom stereocenters. The van der Waals surface area contributed by atoms with Crippen LogP contribution in [0.25, 0.3) is 10.1 Å². The molecule has 0 unspecified atom stereocenters. The van der Waals surface area contributed by atoms with E-state index in [4.69, 9.17) is 4.37 Å². The fraction of sp³-hybridized carbons (Fsp3) is 0.333. The van der Waals surface area contributed by atoms with Crippen LogP contribution in [0.1, 0.15) is 11.4 Å². The summed E-state index contributed by atoms with van der Waals surface area (Å²) in [5, 5.41) is 1.27. The summed E-state index contributed by atoms with van der Waals surface area (Å²) in [5.74, 6) is 1.75. The second-order valence-corrected chi connectivity index (χ2v) is 11.1. The highest BCUT2D eigenvalue weighted by atomic mass is 32.2. The minimum Gasteiger partial charge on any atom is -0.353 e. The maximum Gasteiger partial charge on any atom is 0.280 e. The number of piperazine rings is 1. The summed E-state index contributed by atoms with van der Waals surface area (Å²) in [7, 11) is -1.93. The first-order chi connectivity index (χ1) is 16.4.